The van der Waals surface area contributed by atoms with Crippen LogP contribution in [0.4, 0.5) is 0 Å². The highest BCUT2D eigenvalue weighted by molar-refractivity contribution is 6.33. The molecule has 2 aromatic heterocycles. The molecule has 0 amide bonds. The van der Waals surface area contributed by atoms with E-state index in [4.69, 9.17) is 19.4 Å². The van der Waals surface area contributed by atoms with Crippen LogP contribution in [0.3, 0.4) is 0 Å². The Morgan fingerprint density at radius 2 is 0.678 bits per heavy atom. The molecule has 274 valence electrons. The van der Waals surface area contributed by atoms with Crippen molar-refractivity contribution in [3.05, 3.63) is 200 Å². The summed E-state index contributed by atoms with van der Waals surface area (Å²) in [7, 11) is 0. The summed E-state index contributed by atoms with van der Waals surface area (Å²) in [6.07, 6.45) is 0. The number of para-hydroxylation sites is 1. The van der Waals surface area contributed by atoms with Gasteiger partial charge in [-0.05, 0) is 95.7 Å². The molecule has 4 heteroatoms. The normalized spacial score (nSPS) is 11.7. The van der Waals surface area contributed by atoms with Crippen molar-refractivity contribution in [2.45, 2.75) is 0 Å². The van der Waals surface area contributed by atoms with Gasteiger partial charge in [-0.2, -0.15) is 0 Å². The van der Waals surface area contributed by atoms with Crippen LogP contribution in [0.25, 0.3) is 121 Å². The Balaban J connectivity index is 0.925. The second-order valence-corrected chi connectivity index (χ2v) is 15.1. The van der Waals surface area contributed by atoms with Gasteiger partial charge in [0.05, 0.1) is 0 Å². The molecule has 0 unspecified atom stereocenters. The van der Waals surface area contributed by atoms with Gasteiger partial charge in [-0.25, -0.2) is 15.0 Å². The van der Waals surface area contributed by atoms with Crippen LogP contribution in [0.2, 0.25) is 0 Å². The van der Waals surface area contributed by atoms with Gasteiger partial charge in [0.15, 0.2) is 17.5 Å². The maximum absolute atomic E-state index is 6.11. The van der Waals surface area contributed by atoms with Crippen LogP contribution in [-0.4, -0.2) is 15.0 Å². The fourth-order valence-corrected chi connectivity index (χ4v) is 8.88. The Morgan fingerprint density at radius 1 is 0.254 bits per heavy atom. The van der Waals surface area contributed by atoms with E-state index in [0.29, 0.717) is 17.5 Å². The van der Waals surface area contributed by atoms with Crippen LogP contribution in [0.5, 0.6) is 0 Å². The highest BCUT2D eigenvalue weighted by Gasteiger charge is 2.17. The lowest BCUT2D eigenvalue weighted by molar-refractivity contribution is 0.669. The van der Waals surface area contributed by atoms with E-state index in [9.17, 15) is 0 Å². The van der Waals surface area contributed by atoms with E-state index >= 15 is 0 Å². The maximum Gasteiger partial charge on any atom is 0.164 e. The van der Waals surface area contributed by atoms with Crippen molar-refractivity contribution in [2.75, 3.05) is 0 Å². The molecule has 0 bridgehead atoms. The van der Waals surface area contributed by atoms with E-state index in [0.717, 1.165) is 49.8 Å². The van der Waals surface area contributed by atoms with Gasteiger partial charge < -0.3 is 4.42 Å². The zero-order valence-corrected chi connectivity index (χ0v) is 31.8. The average Bonchev–Trinajstić information content (AvgIpc) is 3.69. The molecule has 12 aromatic rings. The first-order valence-corrected chi connectivity index (χ1v) is 19.9. The van der Waals surface area contributed by atoms with Crippen LogP contribution in [0, 0.1) is 0 Å². The summed E-state index contributed by atoms with van der Waals surface area (Å²) in [6, 6.07) is 70.7. The predicted molar refractivity (Wildman–Crippen MR) is 244 cm³/mol. The van der Waals surface area contributed by atoms with Crippen LogP contribution < -0.4 is 0 Å². The molecule has 0 N–H and O–H groups in total. The van der Waals surface area contributed by atoms with Gasteiger partial charge in [-0.3, -0.25) is 0 Å². The zero-order chi connectivity index (χ0) is 38.9. The topological polar surface area (TPSA) is 51.8 Å². The van der Waals surface area contributed by atoms with Gasteiger partial charge in [0, 0.05) is 27.5 Å². The Hall–Kier alpha value is -7.95. The Bertz CT molecular complexity index is 3590. The average molecular weight is 752 g/mol. The number of furan rings is 1. The quantitative estimate of drug-likeness (QED) is 0.164. The van der Waals surface area contributed by atoms with E-state index < -0.39 is 0 Å². The van der Waals surface area contributed by atoms with Gasteiger partial charge in [0.1, 0.15) is 11.2 Å². The van der Waals surface area contributed by atoms with Crippen LogP contribution in [0.1, 0.15) is 0 Å². The first kappa shape index (κ1) is 33.2. The standard InChI is InChI=1S/C55H33N3O/c1-2-12-37(13-3-1)53-56-54(58-55(57-53)39-30-31-51-48(32-39)44-18-10-11-21-50(44)59-51)38-28-24-35(25-29-38)34-22-26-36(27-23-34)47-33-49-42-16-5-4-14-40(42)41-15-6-8-19-45(41)52(49)46-20-9-7-17-43(46)47/h1-33H. The number of fused-ring (bicyclic) bond motifs is 11. The summed E-state index contributed by atoms with van der Waals surface area (Å²) in [5.74, 6) is 1.87. The molecule has 0 aliphatic rings. The van der Waals surface area contributed by atoms with Crippen LogP contribution >= 0.6 is 0 Å². The monoisotopic (exact) mass is 751 g/mol. The molecule has 59 heavy (non-hydrogen) atoms. The first-order valence-electron chi connectivity index (χ1n) is 19.9. The minimum Gasteiger partial charge on any atom is -0.456 e. The molecule has 0 saturated carbocycles. The third kappa shape index (κ3) is 5.49. The third-order valence-electron chi connectivity index (χ3n) is 11.7. The van der Waals surface area contributed by atoms with Crippen molar-refractivity contribution < 1.29 is 4.42 Å². The molecule has 2 heterocycles. The largest absolute Gasteiger partial charge is 0.456 e. The smallest absolute Gasteiger partial charge is 0.164 e. The fraction of sp³-hybridized carbons (Fsp3) is 0. The summed E-state index contributed by atoms with van der Waals surface area (Å²) in [6.45, 7) is 0. The summed E-state index contributed by atoms with van der Waals surface area (Å²) in [4.78, 5) is 15.0. The van der Waals surface area contributed by atoms with Gasteiger partial charge in [-0.15, -0.1) is 0 Å². The van der Waals surface area contributed by atoms with Crippen molar-refractivity contribution in [3.63, 3.8) is 0 Å². The summed E-state index contributed by atoms with van der Waals surface area (Å²) < 4.78 is 6.11. The van der Waals surface area contributed by atoms with Crippen molar-refractivity contribution in [3.8, 4) is 56.4 Å². The van der Waals surface area contributed by atoms with E-state index in [-0.39, 0.29) is 0 Å². The molecular weight excluding hydrogens is 719 g/mol. The van der Waals surface area contributed by atoms with Crippen molar-refractivity contribution in [1.82, 2.24) is 15.0 Å². The number of hydrogen-bond donors (Lipinski definition) is 0. The molecule has 0 aliphatic carbocycles. The molecule has 0 saturated heterocycles. The van der Waals surface area contributed by atoms with Crippen molar-refractivity contribution in [1.29, 1.82) is 0 Å². The molecule has 0 spiro atoms. The van der Waals surface area contributed by atoms with E-state index in [2.05, 4.69) is 140 Å². The van der Waals surface area contributed by atoms with Gasteiger partial charge >= 0.3 is 0 Å². The lowest BCUT2D eigenvalue weighted by Crippen LogP contribution is -2.00. The second kappa shape index (κ2) is 13.3. The highest BCUT2D eigenvalue weighted by atomic mass is 16.3. The van der Waals surface area contributed by atoms with Gasteiger partial charge in [0.25, 0.3) is 0 Å². The highest BCUT2D eigenvalue weighted by Crippen LogP contribution is 2.43. The molecule has 0 fully saturated rings. The fourth-order valence-electron chi connectivity index (χ4n) is 8.88. The predicted octanol–water partition coefficient (Wildman–Crippen LogP) is 14.7. The number of benzene rings is 10. The second-order valence-electron chi connectivity index (χ2n) is 15.1. The number of rotatable bonds is 5. The molecule has 0 aliphatic heterocycles. The molecular formula is C55H33N3O. The van der Waals surface area contributed by atoms with Crippen molar-refractivity contribution >= 4 is 65.0 Å². The molecule has 4 nitrogen and oxygen atoms in total. The summed E-state index contributed by atoms with van der Waals surface area (Å²) in [5, 5.41) is 12.4. The van der Waals surface area contributed by atoms with Crippen molar-refractivity contribution in [2.24, 2.45) is 0 Å². The van der Waals surface area contributed by atoms with Gasteiger partial charge in [0.2, 0.25) is 0 Å². The molecule has 0 radical (unpaired) electrons. The number of hydrogen-bond acceptors (Lipinski definition) is 4. The Labute approximate surface area is 339 Å². The van der Waals surface area contributed by atoms with Crippen LogP contribution in [0.15, 0.2) is 205 Å². The lowest BCUT2D eigenvalue weighted by atomic mass is 9.87. The first-order chi connectivity index (χ1) is 29.2. The number of aromatic nitrogens is 3. The third-order valence-corrected chi connectivity index (χ3v) is 11.7. The minimum absolute atomic E-state index is 0.614. The Morgan fingerprint density at radius 3 is 1.34 bits per heavy atom. The molecule has 10 aromatic carbocycles. The lowest BCUT2D eigenvalue weighted by Gasteiger charge is -2.16. The maximum atomic E-state index is 6.11. The summed E-state index contributed by atoms with van der Waals surface area (Å²) >= 11 is 0. The minimum atomic E-state index is 0.614. The van der Waals surface area contributed by atoms with E-state index in [1.807, 2.05) is 60.7 Å². The number of nitrogens with zero attached hydrogens (tertiary/aromatic N) is 3. The Kier molecular flexibility index (Phi) is 7.50. The summed E-state index contributed by atoms with van der Waals surface area (Å²) in [5.41, 5.74) is 9.14. The molecule has 12 rings (SSSR count). The van der Waals surface area contributed by atoms with Gasteiger partial charge in [-0.1, -0.05) is 170 Å². The van der Waals surface area contributed by atoms with E-state index in [1.54, 1.807) is 0 Å². The molecule has 0 atom stereocenters. The van der Waals surface area contributed by atoms with Crippen LogP contribution in [-0.2, 0) is 0 Å². The zero-order valence-electron chi connectivity index (χ0n) is 31.8. The van der Waals surface area contributed by atoms with E-state index in [1.165, 1.54) is 54.2 Å². The SMILES string of the molecule is c1ccc(-c2nc(-c3ccc(-c4ccc(-c5cc6c7ccccc7c7ccccc7c6c6ccccc56)cc4)cc3)nc(-c3ccc4oc5ccccc5c4c3)n2)cc1.